The molecule has 7 heteroatoms. The minimum Gasteiger partial charge on any atom is -0.497 e. The lowest BCUT2D eigenvalue weighted by Gasteiger charge is -2.13. The van der Waals surface area contributed by atoms with Crippen LogP contribution >= 0.6 is 0 Å². The van der Waals surface area contributed by atoms with Gasteiger partial charge in [0.2, 0.25) is 0 Å². The summed E-state index contributed by atoms with van der Waals surface area (Å²) in [4.78, 5) is 0.0522. The average molecular weight is 352 g/mol. The van der Waals surface area contributed by atoms with E-state index >= 15 is 0 Å². The highest BCUT2D eigenvalue weighted by atomic mass is 32.2. The van der Waals surface area contributed by atoms with Gasteiger partial charge in [-0.1, -0.05) is 17.7 Å². The molecule has 1 N–H and O–H groups in total. The fraction of sp³-hybridized carbons (Fsp3) is 0.294. The van der Waals surface area contributed by atoms with Crippen molar-refractivity contribution in [2.75, 3.05) is 20.3 Å². The SMILES string of the molecule is COc1ccc(OC[C@@H](O)COS(=O)(=O)c2ccc(C)cc2)cc1. The van der Waals surface area contributed by atoms with Gasteiger partial charge in [0.05, 0.1) is 18.6 Å². The van der Waals surface area contributed by atoms with Gasteiger partial charge in [0, 0.05) is 0 Å². The highest BCUT2D eigenvalue weighted by Crippen LogP contribution is 2.17. The summed E-state index contributed by atoms with van der Waals surface area (Å²) in [7, 11) is -2.34. The molecule has 0 fully saturated rings. The number of aryl methyl sites for hydroxylation is 1. The summed E-state index contributed by atoms with van der Waals surface area (Å²) in [5, 5.41) is 9.83. The van der Waals surface area contributed by atoms with Crippen LogP contribution in [0.5, 0.6) is 11.5 Å². The lowest BCUT2D eigenvalue weighted by Crippen LogP contribution is -2.25. The smallest absolute Gasteiger partial charge is 0.297 e. The quantitative estimate of drug-likeness (QED) is 0.733. The van der Waals surface area contributed by atoms with Crippen LogP contribution in [0.2, 0.25) is 0 Å². The van der Waals surface area contributed by atoms with Crippen molar-refractivity contribution < 1.29 is 27.2 Å². The number of benzene rings is 2. The molecule has 2 rings (SSSR count). The highest BCUT2D eigenvalue weighted by molar-refractivity contribution is 7.86. The third-order valence-corrected chi connectivity index (χ3v) is 4.52. The van der Waals surface area contributed by atoms with Crippen molar-refractivity contribution in [3.8, 4) is 11.5 Å². The molecular formula is C17H20O6S. The van der Waals surface area contributed by atoms with Crippen LogP contribution < -0.4 is 9.47 Å². The van der Waals surface area contributed by atoms with E-state index < -0.39 is 16.2 Å². The zero-order valence-electron chi connectivity index (χ0n) is 13.5. The molecular weight excluding hydrogens is 332 g/mol. The average Bonchev–Trinajstić information content (AvgIpc) is 2.59. The summed E-state index contributed by atoms with van der Waals surface area (Å²) in [6, 6.07) is 13.1. The van der Waals surface area contributed by atoms with Crippen LogP contribution in [0.3, 0.4) is 0 Å². The number of methoxy groups -OCH3 is 1. The van der Waals surface area contributed by atoms with E-state index in [4.69, 9.17) is 13.7 Å². The number of ether oxygens (including phenoxy) is 2. The first-order valence-electron chi connectivity index (χ1n) is 7.32. The molecule has 130 valence electrons. The zero-order chi connectivity index (χ0) is 17.6. The van der Waals surface area contributed by atoms with Gasteiger partial charge in [-0.25, -0.2) is 0 Å². The number of hydrogen-bond donors (Lipinski definition) is 1. The fourth-order valence-electron chi connectivity index (χ4n) is 1.85. The minimum absolute atomic E-state index is 0.0522. The summed E-state index contributed by atoms with van der Waals surface area (Å²) in [6.07, 6.45) is -1.08. The molecule has 0 radical (unpaired) electrons. The van der Waals surface area contributed by atoms with Gasteiger partial charge < -0.3 is 14.6 Å². The van der Waals surface area contributed by atoms with E-state index in [1.54, 1.807) is 43.5 Å². The molecule has 1 atom stereocenters. The molecule has 0 spiro atoms. The van der Waals surface area contributed by atoms with Crippen LogP contribution in [0.15, 0.2) is 53.4 Å². The van der Waals surface area contributed by atoms with E-state index in [-0.39, 0.29) is 18.1 Å². The van der Waals surface area contributed by atoms with E-state index in [0.29, 0.717) is 11.5 Å². The lowest BCUT2D eigenvalue weighted by molar-refractivity contribution is 0.0648. The molecule has 0 aromatic heterocycles. The molecule has 2 aromatic carbocycles. The van der Waals surface area contributed by atoms with Crippen LogP contribution in [-0.2, 0) is 14.3 Å². The lowest BCUT2D eigenvalue weighted by atomic mass is 10.2. The van der Waals surface area contributed by atoms with Gasteiger partial charge in [-0.15, -0.1) is 0 Å². The van der Waals surface area contributed by atoms with Gasteiger partial charge in [-0.2, -0.15) is 8.42 Å². The topological polar surface area (TPSA) is 82.1 Å². The summed E-state index contributed by atoms with van der Waals surface area (Å²) >= 11 is 0. The first kappa shape index (κ1) is 18.3. The van der Waals surface area contributed by atoms with Gasteiger partial charge in [-0.05, 0) is 43.3 Å². The van der Waals surface area contributed by atoms with Crippen LogP contribution in [0.1, 0.15) is 5.56 Å². The van der Waals surface area contributed by atoms with Crippen LogP contribution in [0.4, 0.5) is 0 Å². The Bertz CT molecular complexity index is 738. The van der Waals surface area contributed by atoms with Crippen LogP contribution in [-0.4, -0.2) is 40.0 Å². The number of rotatable bonds is 8. The van der Waals surface area contributed by atoms with Crippen molar-refractivity contribution in [3.63, 3.8) is 0 Å². The molecule has 0 aliphatic rings. The highest BCUT2D eigenvalue weighted by Gasteiger charge is 2.17. The maximum atomic E-state index is 12.0. The molecule has 0 unspecified atom stereocenters. The normalized spacial score (nSPS) is 12.6. The van der Waals surface area contributed by atoms with Crippen molar-refractivity contribution in [3.05, 3.63) is 54.1 Å². The predicted octanol–water partition coefficient (Wildman–Crippen LogP) is 2.15. The monoisotopic (exact) mass is 352 g/mol. The first-order chi connectivity index (χ1) is 11.4. The predicted molar refractivity (Wildman–Crippen MR) is 88.8 cm³/mol. The summed E-state index contributed by atoms with van der Waals surface area (Å²) in [5.41, 5.74) is 0.946. The number of hydrogen-bond acceptors (Lipinski definition) is 6. The zero-order valence-corrected chi connectivity index (χ0v) is 14.3. The van der Waals surface area contributed by atoms with E-state index in [1.807, 2.05) is 6.92 Å². The maximum Gasteiger partial charge on any atom is 0.297 e. The van der Waals surface area contributed by atoms with Crippen molar-refractivity contribution >= 4 is 10.1 Å². The standard InChI is InChI=1S/C17H20O6S/c1-13-3-9-17(10-4-13)24(19,20)23-12-14(18)11-22-16-7-5-15(21-2)6-8-16/h3-10,14,18H,11-12H2,1-2H3/t14-/m1/s1. The molecule has 0 heterocycles. The van der Waals surface area contributed by atoms with Gasteiger partial charge in [0.25, 0.3) is 10.1 Å². The number of aliphatic hydroxyl groups is 1. The van der Waals surface area contributed by atoms with Crippen molar-refractivity contribution in [2.45, 2.75) is 17.9 Å². The van der Waals surface area contributed by atoms with E-state index in [9.17, 15) is 13.5 Å². The van der Waals surface area contributed by atoms with E-state index in [2.05, 4.69) is 0 Å². The van der Waals surface area contributed by atoms with Crippen molar-refractivity contribution in [1.29, 1.82) is 0 Å². The van der Waals surface area contributed by atoms with Crippen molar-refractivity contribution in [2.24, 2.45) is 0 Å². The molecule has 2 aromatic rings. The van der Waals surface area contributed by atoms with Gasteiger partial charge in [-0.3, -0.25) is 4.18 Å². The Hall–Kier alpha value is -2.09. The van der Waals surface area contributed by atoms with Crippen LogP contribution in [0, 0.1) is 6.92 Å². The molecule has 0 amide bonds. The minimum atomic E-state index is -3.90. The fourth-order valence-corrected chi connectivity index (χ4v) is 2.80. The molecule has 0 aliphatic carbocycles. The Labute approximate surface area is 141 Å². The summed E-state index contributed by atoms with van der Waals surface area (Å²) < 4.78 is 39.3. The Kier molecular flexibility index (Phi) is 6.19. The third-order valence-electron chi connectivity index (χ3n) is 3.23. The van der Waals surface area contributed by atoms with Crippen LogP contribution in [0.25, 0.3) is 0 Å². The Morgan fingerprint density at radius 3 is 2.12 bits per heavy atom. The second-order valence-corrected chi connectivity index (χ2v) is 6.81. The second kappa shape index (κ2) is 8.14. The molecule has 0 aliphatic heterocycles. The van der Waals surface area contributed by atoms with Crippen molar-refractivity contribution in [1.82, 2.24) is 0 Å². The molecule has 24 heavy (non-hydrogen) atoms. The van der Waals surface area contributed by atoms with Gasteiger partial charge in [0.15, 0.2) is 0 Å². The summed E-state index contributed by atoms with van der Waals surface area (Å²) in [5.74, 6) is 1.23. The first-order valence-corrected chi connectivity index (χ1v) is 8.72. The Morgan fingerprint density at radius 2 is 1.54 bits per heavy atom. The maximum absolute atomic E-state index is 12.0. The largest absolute Gasteiger partial charge is 0.497 e. The van der Waals surface area contributed by atoms with Gasteiger partial charge >= 0.3 is 0 Å². The van der Waals surface area contributed by atoms with E-state index in [1.165, 1.54) is 12.1 Å². The second-order valence-electron chi connectivity index (χ2n) is 5.19. The Balaban J connectivity index is 1.83. The summed E-state index contributed by atoms with van der Waals surface area (Å²) in [6.45, 7) is 1.39. The molecule has 0 saturated carbocycles. The van der Waals surface area contributed by atoms with E-state index in [0.717, 1.165) is 5.56 Å². The molecule has 6 nitrogen and oxygen atoms in total. The number of aliphatic hydroxyl groups excluding tert-OH is 1. The van der Waals surface area contributed by atoms with Gasteiger partial charge in [0.1, 0.15) is 24.2 Å². The Morgan fingerprint density at radius 1 is 0.958 bits per heavy atom. The third kappa shape index (κ3) is 5.23. The molecule has 0 saturated heterocycles. The molecule has 0 bridgehead atoms.